The summed E-state index contributed by atoms with van der Waals surface area (Å²) in [4.78, 5) is 12.3. The summed E-state index contributed by atoms with van der Waals surface area (Å²) >= 11 is 0. The number of benzene rings is 2. The number of aryl methyl sites for hydroxylation is 1. The third kappa shape index (κ3) is 2.81. The number of fused-ring (bicyclic) bond motifs is 1. The highest BCUT2D eigenvalue weighted by Gasteiger charge is 2.15. The molecule has 0 radical (unpaired) electrons. The molecule has 0 aliphatic heterocycles. The van der Waals surface area contributed by atoms with Gasteiger partial charge in [0.05, 0.1) is 6.61 Å². The van der Waals surface area contributed by atoms with E-state index in [-0.39, 0.29) is 11.7 Å². The molecular formula is C18H17NO3. The average molecular weight is 295 g/mol. The predicted molar refractivity (Wildman–Crippen MR) is 86.5 cm³/mol. The number of hydrogen-bond donors (Lipinski definition) is 1. The van der Waals surface area contributed by atoms with Crippen molar-refractivity contribution in [1.29, 1.82) is 0 Å². The Balaban J connectivity index is 1.89. The largest absolute Gasteiger partial charge is 0.490 e. The Labute approximate surface area is 128 Å². The summed E-state index contributed by atoms with van der Waals surface area (Å²) in [6.45, 7) is 4.43. The van der Waals surface area contributed by atoms with Crippen LogP contribution in [0.5, 0.6) is 5.75 Å². The van der Waals surface area contributed by atoms with Crippen molar-refractivity contribution in [1.82, 2.24) is 0 Å². The highest BCUT2D eigenvalue weighted by Crippen LogP contribution is 2.29. The van der Waals surface area contributed by atoms with E-state index < -0.39 is 0 Å². The maximum absolute atomic E-state index is 12.3. The highest BCUT2D eigenvalue weighted by molar-refractivity contribution is 6.05. The molecule has 112 valence electrons. The van der Waals surface area contributed by atoms with E-state index in [9.17, 15) is 4.79 Å². The van der Waals surface area contributed by atoms with E-state index in [0.29, 0.717) is 17.9 Å². The zero-order valence-electron chi connectivity index (χ0n) is 12.6. The first-order chi connectivity index (χ1) is 10.7. The van der Waals surface area contributed by atoms with Crippen LogP contribution >= 0.6 is 0 Å². The van der Waals surface area contributed by atoms with E-state index in [1.807, 2.05) is 56.3 Å². The number of anilines is 1. The van der Waals surface area contributed by atoms with Crippen LogP contribution in [0.25, 0.3) is 11.0 Å². The average Bonchev–Trinajstić information content (AvgIpc) is 2.93. The summed E-state index contributed by atoms with van der Waals surface area (Å²) in [6, 6.07) is 15.0. The number of nitrogens with one attached hydrogen (secondary N) is 1. The molecule has 2 aromatic carbocycles. The van der Waals surface area contributed by atoms with Crippen molar-refractivity contribution >= 4 is 22.6 Å². The molecule has 1 amide bonds. The van der Waals surface area contributed by atoms with Crippen LogP contribution in [-0.2, 0) is 0 Å². The van der Waals surface area contributed by atoms with Gasteiger partial charge in [0.1, 0.15) is 0 Å². The summed E-state index contributed by atoms with van der Waals surface area (Å²) in [5.41, 5.74) is 2.43. The number of carbonyl (C=O) groups is 1. The lowest BCUT2D eigenvalue weighted by Gasteiger charge is -2.04. The zero-order valence-corrected chi connectivity index (χ0v) is 12.6. The first kappa shape index (κ1) is 14.2. The Morgan fingerprint density at radius 3 is 2.77 bits per heavy atom. The molecule has 0 atom stereocenters. The molecule has 1 N–H and O–H groups in total. The summed E-state index contributed by atoms with van der Waals surface area (Å²) in [6.07, 6.45) is 0. The van der Waals surface area contributed by atoms with Gasteiger partial charge in [0, 0.05) is 11.1 Å². The molecule has 0 aliphatic rings. The second-order valence-corrected chi connectivity index (χ2v) is 5.04. The Bertz CT molecular complexity index is 820. The van der Waals surface area contributed by atoms with Crippen LogP contribution in [0.4, 0.5) is 5.69 Å². The molecule has 0 saturated carbocycles. The second kappa shape index (κ2) is 5.93. The van der Waals surface area contributed by atoms with Gasteiger partial charge >= 0.3 is 0 Å². The number of carbonyl (C=O) groups excluding carboxylic acids is 1. The van der Waals surface area contributed by atoms with E-state index in [4.69, 9.17) is 9.15 Å². The Morgan fingerprint density at radius 1 is 1.18 bits per heavy atom. The Kier molecular flexibility index (Phi) is 3.83. The predicted octanol–water partition coefficient (Wildman–Crippen LogP) is 4.39. The van der Waals surface area contributed by atoms with Crippen molar-refractivity contribution in [2.45, 2.75) is 13.8 Å². The second-order valence-electron chi connectivity index (χ2n) is 5.04. The zero-order chi connectivity index (χ0) is 15.5. The SMILES string of the molecule is CCOc1cccc2cc(C(=O)Nc3cccc(C)c3)oc12. The van der Waals surface area contributed by atoms with E-state index in [1.165, 1.54) is 0 Å². The van der Waals surface area contributed by atoms with Crippen LogP contribution in [0.1, 0.15) is 23.0 Å². The van der Waals surface area contributed by atoms with Gasteiger partial charge in [-0.15, -0.1) is 0 Å². The summed E-state index contributed by atoms with van der Waals surface area (Å²) in [5, 5.41) is 3.69. The third-order valence-electron chi connectivity index (χ3n) is 3.31. The van der Waals surface area contributed by atoms with Gasteiger partial charge in [-0.2, -0.15) is 0 Å². The summed E-state index contributed by atoms with van der Waals surface area (Å²) in [5.74, 6) is 0.641. The fourth-order valence-corrected chi connectivity index (χ4v) is 2.33. The van der Waals surface area contributed by atoms with Crippen LogP contribution in [0.2, 0.25) is 0 Å². The van der Waals surface area contributed by atoms with Crippen molar-refractivity contribution in [3.8, 4) is 5.75 Å². The van der Waals surface area contributed by atoms with Gasteiger partial charge < -0.3 is 14.5 Å². The minimum Gasteiger partial charge on any atom is -0.490 e. The van der Waals surface area contributed by atoms with Gasteiger partial charge in [0.25, 0.3) is 5.91 Å². The molecule has 0 saturated heterocycles. The van der Waals surface area contributed by atoms with Gasteiger partial charge in [0.2, 0.25) is 0 Å². The molecule has 22 heavy (non-hydrogen) atoms. The lowest BCUT2D eigenvalue weighted by molar-refractivity contribution is 0.0998. The van der Waals surface area contributed by atoms with Crippen LogP contribution < -0.4 is 10.1 Å². The fourth-order valence-electron chi connectivity index (χ4n) is 2.33. The monoisotopic (exact) mass is 295 g/mol. The minimum atomic E-state index is -0.274. The molecule has 1 aromatic heterocycles. The van der Waals surface area contributed by atoms with Crippen molar-refractivity contribution < 1.29 is 13.9 Å². The number of rotatable bonds is 4. The molecule has 4 nitrogen and oxygen atoms in total. The van der Waals surface area contributed by atoms with Crippen LogP contribution in [0, 0.1) is 6.92 Å². The van der Waals surface area contributed by atoms with Crippen molar-refractivity contribution in [2.24, 2.45) is 0 Å². The summed E-state index contributed by atoms with van der Waals surface area (Å²) in [7, 11) is 0. The molecule has 3 rings (SSSR count). The summed E-state index contributed by atoms with van der Waals surface area (Å²) < 4.78 is 11.2. The number of furan rings is 1. The van der Waals surface area contributed by atoms with Crippen LogP contribution in [0.3, 0.4) is 0 Å². The quantitative estimate of drug-likeness (QED) is 0.776. The lowest BCUT2D eigenvalue weighted by Crippen LogP contribution is -2.10. The van der Waals surface area contributed by atoms with Crippen molar-refractivity contribution in [3.63, 3.8) is 0 Å². The third-order valence-corrected chi connectivity index (χ3v) is 3.31. The maximum atomic E-state index is 12.3. The minimum absolute atomic E-state index is 0.267. The Morgan fingerprint density at radius 2 is 2.00 bits per heavy atom. The Hall–Kier alpha value is -2.75. The molecule has 0 spiro atoms. The number of hydrogen-bond acceptors (Lipinski definition) is 3. The highest BCUT2D eigenvalue weighted by atomic mass is 16.5. The van der Waals surface area contributed by atoms with Crippen molar-refractivity contribution in [3.05, 3.63) is 59.9 Å². The van der Waals surface area contributed by atoms with Gasteiger partial charge in [-0.25, -0.2) is 0 Å². The van der Waals surface area contributed by atoms with E-state index >= 15 is 0 Å². The molecule has 4 heteroatoms. The van der Waals surface area contributed by atoms with Crippen LogP contribution in [0.15, 0.2) is 52.9 Å². The lowest BCUT2D eigenvalue weighted by atomic mass is 10.2. The normalized spacial score (nSPS) is 10.6. The molecule has 0 aliphatic carbocycles. The first-order valence-electron chi connectivity index (χ1n) is 7.21. The fraction of sp³-hybridized carbons (Fsp3) is 0.167. The van der Waals surface area contributed by atoms with Gasteiger partial charge in [0.15, 0.2) is 17.1 Å². The number of amides is 1. The number of ether oxygens (including phenoxy) is 1. The maximum Gasteiger partial charge on any atom is 0.291 e. The molecule has 3 aromatic rings. The molecule has 1 heterocycles. The van der Waals surface area contributed by atoms with E-state index in [0.717, 1.165) is 16.6 Å². The number of para-hydroxylation sites is 1. The standard InChI is InChI=1S/C18H17NO3/c1-3-21-15-9-5-7-13-11-16(22-17(13)15)18(20)19-14-8-4-6-12(2)10-14/h4-11H,3H2,1-2H3,(H,19,20). The van der Waals surface area contributed by atoms with E-state index in [2.05, 4.69) is 5.32 Å². The molecule has 0 fully saturated rings. The molecule has 0 unspecified atom stereocenters. The van der Waals surface area contributed by atoms with Crippen LogP contribution in [-0.4, -0.2) is 12.5 Å². The van der Waals surface area contributed by atoms with Crippen molar-refractivity contribution in [2.75, 3.05) is 11.9 Å². The molecular weight excluding hydrogens is 278 g/mol. The topological polar surface area (TPSA) is 51.5 Å². The smallest absolute Gasteiger partial charge is 0.291 e. The first-order valence-corrected chi connectivity index (χ1v) is 7.21. The van der Waals surface area contributed by atoms with Gasteiger partial charge in [-0.3, -0.25) is 4.79 Å². The van der Waals surface area contributed by atoms with E-state index in [1.54, 1.807) is 6.07 Å². The van der Waals surface area contributed by atoms with Gasteiger partial charge in [-0.05, 0) is 43.7 Å². The molecule has 0 bridgehead atoms. The van der Waals surface area contributed by atoms with Gasteiger partial charge in [-0.1, -0.05) is 24.3 Å².